The Morgan fingerprint density at radius 2 is 0.886 bits per heavy atom. The molecule has 0 amide bonds. The number of benzene rings is 11. The van der Waals surface area contributed by atoms with Crippen molar-refractivity contribution in [2.24, 2.45) is 0 Å². The van der Waals surface area contributed by atoms with Gasteiger partial charge in [-0.1, -0.05) is 121 Å². The van der Waals surface area contributed by atoms with Gasteiger partial charge in [-0.25, -0.2) is 15.0 Å². The van der Waals surface area contributed by atoms with Crippen molar-refractivity contribution in [1.82, 2.24) is 19.5 Å². The molecule has 11 aromatic carbocycles. The number of rotatable bonds is 4. The van der Waals surface area contributed by atoms with E-state index in [0.29, 0.717) is 17.5 Å². The molecule has 5 heterocycles. The maximum Gasteiger partial charge on any atom is 0.167 e. The Hall–Kier alpha value is -8.75. The van der Waals surface area contributed by atoms with E-state index >= 15 is 0 Å². The Balaban J connectivity index is 0.952. The summed E-state index contributed by atoms with van der Waals surface area (Å²) in [6, 6.07) is 74.5. The fraction of sp³-hybridized carbons (Fsp3) is 0. The van der Waals surface area contributed by atoms with Crippen LogP contribution in [0.4, 0.5) is 0 Å². The van der Waals surface area contributed by atoms with Crippen molar-refractivity contribution < 1.29 is 4.42 Å². The number of para-hydroxylation sites is 1. The monoisotopic (exact) mass is 926 g/mol. The SMILES string of the molecule is c1ccc2cc3c(cc2c1)c1cc2ccccc2cc1n3-c1ccc2cc(-c3nc(-c4ccc5c(c4)sc4ccccc45)nc(-c4ccc5sc6ccccc6c5c4)n3)c3oc4ccccc4c3c2c1. The van der Waals surface area contributed by atoms with Crippen LogP contribution in [0, 0.1) is 0 Å². The summed E-state index contributed by atoms with van der Waals surface area (Å²) < 4.78 is 14.4. The Morgan fingerprint density at radius 1 is 0.343 bits per heavy atom. The first-order valence-electron chi connectivity index (χ1n) is 23.5. The Labute approximate surface area is 406 Å². The Bertz CT molecular complexity index is 4830. The molecule has 324 valence electrons. The molecule has 0 aliphatic carbocycles. The molecule has 0 aliphatic rings. The number of hydrogen-bond acceptors (Lipinski definition) is 6. The van der Waals surface area contributed by atoms with Crippen LogP contribution in [0.5, 0.6) is 0 Å². The molecule has 0 saturated heterocycles. The summed E-state index contributed by atoms with van der Waals surface area (Å²) in [7, 11) is 0. The zero-order chi connectivity index (χ0) is 45.6. The highest BCUT2D eigenvalue weighted by Crippen LogP contribution is 2.44. The van der Waals surface area contributed by atoms with Crippen molar-refractivity contribution in [3.8, 4) is 39.9 Å². The van der Waals surface area contributed by atoms with Crippen LogP contribution in [-0.4, -0.2) is 19.5 Å². The number of thiophene rings is 2. The van der Waals surface area contributed by atoms with E-state index in [9.17, 15) is 0 Å². The van der Waals surface area contributed by atoms with E-state index in [-0.39, 0.29) is 0 Å². The summed E-state index contributed by atoms with van der Waals surface area (Å²) in [4.78, 5) is 16.1. The van der Waals surface area contributed by atoms with Gasteiger partial charge < -0.3 is 8.98 Å². The average molecular weight is 927 g/mol. The highest BCUT2D eigenvalue weighted by molar-refractivity contribution is 7.26. The molecule has 70 heavy (non-hydrogen) atoms. The highest BCUT2D eigenvalue weighted by Gasteiger charge is 2.23. The third-order valence-electron chi connectivity index (χ3n) is 14.4. The third-order valence-corrected chi connectivity index (χ3v) is 16.6. The Morgan fingerprint density at radius 3 is 1.60 bits per heavy atom. The quantitative estimate of drug-likeness (QED) is 0.176. The number of nitrogens with zero attached hydrogens (tertiary/aromatic N) is 4. The number of fused-ring (bicyclic) bond motifs is 16. The lowest BCUT2D eigenvalue weighted by Crippen LogP contribution is -2.00. The van der Waals surface area contributed by atoms with Gasteiger partial charge in [-0.05, 0) is 117 Å². The summed E-state index contributed by atoms with van der Waals surface area (Å²) in [6.07, 6.45) is 0. The molecule has 0 atom stereocenters. The van der Waals surface area contributed by atoms with Crippen molar-refractivity contribution in [3.63, 3.8) is 0 Å². The van der Waals surface area contributed by atoms with E-state index in [0.717, 1.165) is 55.1 Å². The summed E-state index contributed by atoms with van der Waals surface area (Å²) in [5.74, 6) is 1.78. The van der Waals surface area contributed by atoms with Gasteiger partial charge in [0, 0.05) is 78.7 Å². The Kier molecular flexibility index (Phi) is 7.86. The number of aromatic nitrogens is 4. The smallest absolute Gasteiger partial charge is 0.167 e. The molecule has 5 nitrogen and oxygen atoms in total. The lowest BCUT2D eigenvalue weighted by Gasteiger charge is -2.13. The van der Waals surface area contributed by atoms with Gasteiger partial charge in [-0.3, -0.25) is 0 Å². The molecule has 0 unspecified atom stereocenters. The molecule has 0 spiro atoms. The molecule has 5 aromatic heterocycles. The van der Waals surface area contributed by atoms with Gasteiger partial charge in [0.25, 0.3) is 0 Å². The van der Waals surface area contributed by atoms with Crippen LogP contribution < -0.4 is 0 Å². The van der Waals surface area contributed by atoms with Crippen LogP contribution in [0.15, 0.2) is 211 Å². The van der Waals surface area contributed by atoms with Gasteiger partial charge in [0.15, 0.2) is 17.5 Å². The molecule has 0 aliphatic heterocycles. The van der Waals surface area contributed by atoms with Gasteiger partial charge >= 0.3 is 0 Å². The topological polar surface area (TPSA) is 56.7 Å². The lowest BCUT2D eigenvalue weighted by molar-refractivity contribution is 0.670. The molecule has 0 bridgehead atoms. The molecule has 16 rings (SSSR count). The first-order valence-corrected chi connectivity index (χ1v) is 25.1. The summed E-state index contributed by atoms with van der Waals surface area (Å²) in [5, 5.41) is 16.5. The number of furan rings is 1. The second-order valence-corrected chi connectivity index (χ2v) is 20.5. The van der Waals surface area contributed by atoms with E-state index in [1.54, 1.807) is 11.3 Å². The van der Waals surface area contributed by atoms with Gasteiger partial charge in [0.05, 0.1) is 16.6 Å². The standard InChI is InChI=1S/C63H34N4OS2/c1-3-13-37-31-52-48(27-35(37)11-1)49-28-36-12-2-4-14-38(36)32-53(49)67(52)42-24-21-39-29-51(60-59(47(39)34-42)46-17-5-8-18-54(46)68-60)63-65-61(40-23-26-57-50(30-40)44-16-7-10-20-56(44)69-57)64-62(66-63)41-22-25-45-43-15-6-9-19-55(43)70-58(45)33-41/h1-34H. The van der Waals surface area contributed by atoms with Gasteiger partial charge in [-0.15, -0.1) is 22.7 Å². The van der Waals surface area contributed by atoms with E-state index in [1.807, 2.05) is 17.4 Å². The van der Waals surface area contributed by atoms with Crippen LogP contribution in [0.2, 0.25) is 0 Å². The highest BCUT2D eigenvalue weighted by atomic mass is 32.1. The second kappa shape index (κ2) is 14.4. The molecule has 7 heteroatoms. The largest absolute Gasteiger partial charge is 0.455 e. The van der Waals surface area contributed by atoms with Gasteiger partial charge in [0.2, 0.25) is 0 Å². The summed E-state index contributed by atoms with van der Waals surface area (Å²) in [6.45, 7) is 0. The normalized spacial score (nSPS) is 12.3. The number of hydrogen-bond donors (Lipinski definition) is 0. The molecule has 0 N–H and O–H groups in total. The second-order valence-electron chi connectivity index (χ2n) is 18.3. The summed E-state index contributed by atoms with van der Waals surface area (Å²) in [5.41, 5.74) is 7.65. The minimum Gasteiger partial charge on any atom is -0.455 e. The first-order chi connectivity index (χ1) is 34.6. The van der Waals surface area contributed by atoms with Crippen molar-refractivity contribution in [1.29, 1.82) is 0 Å². The molecule has 0 fully saturated rings. The van der Waals surface area contributed by atoms with Gasteiger partial charge in [0.1, 0.15) is 11.2 Å². The minimum atomic E-state index is 0.558. The van der Waals surface area contributed by atoms with Crippen molar-refractivity contribution in [2.45, 2.75) is 0 Å². The zero-order valence-corrected chi connectivity index (χ0v) is 38.8. The van der Waals surface area contributed by atoms with Crippen LogP contribution in [-0.2, 0) is 0 Å². The molecular formula is C63H34N4OS2. The van der Waals surface area contributed by atoms with E-state index < -0.39 is 0 Å². The maximum absolute atomic E-state index is 6.99. The van der Waals surface area contributed by atoms with Crippen LogP contribution in [0.1, 0.15) is 0 Å². The van der Waals surface area contributed by atoms with Crippen LogP contribution >= 0.6 is 22.7 Å². The predicted molar refractivity (Wildman–Crippen MR) is 296 cm³/mol. The van der Waals surface area contributed by atoms with Crippen molar-refractivity contribution in [3.05, 3.63) is 206 Å². The predicted octanol–water partition coefficient (Wildman–Crippen LogP) is 18.1. The molecule has 0 saturated carbocycles. The molecule has 0 radical (unpaired) electrons. The van der Waals surface area contributed by atoms with E-state index in [1.165, 1.54) is 83.7 Å². The van der Waals surface area contributed by atoms with Crippen molar-refractivity contribution >= 4 is 139 Å². The van der Waals surface area contributed by atoms with Crippen molar-refractivity contribution in [2.75, 3.05) is 0 Å². The first kappa shape index (κ1) is 38.2. The zero-order valence-electron chi connectivity index (χ0n) is 37.1. The maximum atomic E-state index is 6.99. The van der Waals surface area contributed by atoms with Crippen LogP contribution in [0.25, 0.3) is 156 Å². The minimum absolute atomic E-state index is 0.558. The van der Waals surface area contributed by atoms with Gasteiger partial charge in [-0.2, -0.15) is 0 Å². The van der Waals surface area contributed by atoms with E-state index in [4.69, 9.17) is 19.4 Å². The fourth-order valence-corrected chi connectivity index (χ4v) is 13.3. The average Bonchev–Trinajstić information content (AvgIpc) is 4.18. The third kappa shape index (κ3) is 5.61. The van der Waals surface area contributed by atoms with E-state index in [2.05, 4.69) is 205 Å². The summed E-state index contributed by atoms with van der Waals surface area (Å²) >= 11 is 3.60. The fourth-order valence-electron chi connectivity index (χ4n) is 11.1. The molecular weight excluding hydrogens is 893 g/mol. The van der Waals surface area contributed by atoms with Crippen LogP contribution in [0.3, 0.4) is 0 Å². The molecule has 16 aromatic rings. The lowest BCUT2D eigenvalue weighted by atomic mass is 9.99.